The number of halogens is 1. The number of rotatable bonds is 4. The van der Waals surface area contributed by atoms with Gasteiger partial charge in [-0.25, -0.2) is 9.67 Å². The van der Waals surface area contributed by atoms with Crippen LogP contribution in [0.5, 0.6) is 0 Å². The van der Waals surface area contributed by atoms with Gasteiger partial charge in [-0.2, -0.15) is 5.10 Å². The minimum Gasteiger partial charge on any atom is -0.310 e. The van der Waals surface area contributed by atoms with Crippen molar-refractivity contribution in [3.05, 3.63) is 39.8 Å². The summed E-state index contributed by atoms with van der Waals surface area (Å²) in [5.41, 5.74) is 4.17. The largest absolute Gasteiger partial charge is 0.310 e. The van der Waals surface area contributed by atoms with E-state index in [1.165, 1.54) is 5.56 Å². The third-order valence-corrected chi connectivity index (χ3v) is 3.57. The van der Waals surface area contributed by atoms with E-state index in [-0.39, 0.29) is 0 Å². The second-order valence-electron chi connectivity index (χ2n) is 5.43. The Kier molecular flexibility index (Phi) is 4.45. The summed E-state index contributed by atoms with van der Waals surface area (Å²) in [6.07, 6.45) is 1.82. The molecule has 2 aromatic rings. The molecule has 0 aliphatic heterocycles. The second kappa shape index (κ2) is 5.94. The van der Waals surface area contributed by atoms with Gasteiger partial charge in [0.05, 0.1) is 16.9 Å². The summed E-state index contributed by atoms with van der Waals surface area (Å²) in [4.78, 5) is 4.64. The molecule has 0 saturated carbocycles. The van der Waals surface area contributed by atoms with Crippen molar-refractivity contribution in [3.63, 3.8) is 0 Å². The highest BCUT2D eigenvalue weighted by Gasteiger charge is 2.13. The first kappa shape index (κ1) is 15.0. The van der Waals surface area contributed by atoms with Crippen molar-refractivity contribution in [1.29, 1.82) is 0 Å². The van der Waals surface area contributed by atoms with Gasteiger partial charge in [0.1, 0.15) is 0 Å². The molecule has 0 saturated heterocycles. The van der Waals surface area contributed by atoms with Crippen molar-refractivity contribution in [2.24, 2.45) is 0 Å². The van der Waals surface area contributed by atoms with E-state index in [9.17, 15) is 0 Å². The Labute approximate surface area is 125 Å². The molecule has 0 aliphatic carbocycles. The van der Waals surface area contributed by atoms with E-state index in [0.29, 0.717) is 11.1 Å². The lowest BCUT2D eigenvalue weighted by Gasteiger charge is -2.15. The average Bonchev–Trinajstić information content (AvgIpc) is 2.67. The van der Waals surface area contributed by atoms with Crippen LogP contribution in [0.25, 0.3) is 5.82 Å². The van der Waals surface area contributed by atoms with Crippen LogP contribution in [-0.4, -0.2) is 20.8 Å². The Balaban J connectivity index is 2.49. The molecule has 4 nitrogen and oxygen atoms in total. The number of hydrogen-bond acceptors (Lipinski definition) is 3. The van der Waals surface area contributed by atoms with Crippen LogP contribution in [0.15, 0.2) is 12.3 Å². The highest BCUT2D eigenvalue weighted by atomic mass is 35.5. The number of hydrogen-bond donors (Lipinski definition) is 1. The smallest absolute Gasteiger partial charge is 0.158 e. The maximum Gasteiger partial charge on any atom is 0.158 e. The predicted molar refractivity (Wildman–Crippen MR) is 82.6 cm³/mol. The predicted octanol–water partition coefficient (Wildman–Crippen LogP) is 3.34. The minimum absolute atomic E-state index is 0.423. The lowest BCUT2D eigenvalue weighted by atomic mass is 10.1. The van der Waals surface area contributed by atoms with E-state index in [4.69, 9.17) is 11.6 Å². The summed E-state index contributed by atoms with van der Waals surface area (Å²) in [7, 11) is 0. The molecule has 2 heterocycles. The van der Waals surface area contributed by atoms with Crippen molar-refractivity contribution in [2.45, 2.75) is 47.2 Å². The molecule has 0 aliphatic rings. The van der Waals surface area contributed by atoms with Crippen LogP contribution in [-0.2, 0) is 6.54 Å². The van der Waals surface area contributed by atoms with Gasteiger partial charge in [-0.1, -0.05) is 25.4 Å². The monoisotopic (exact) mass is 292 g/mol. The van der Waals surface area contributed by atoms with E-state index in [0.717, 1.165) is 29.3 Å². The van der Waals surface area contributed by atoms with E-state index < -0.39 is 0 Å². The van der Waals surface area contributed by atoms with E-state index >= 15 is 0 Å². The summed E-state index contributed by atoms with van der Waals surface area (Å²) in [6, 6.07) is 2.52. The Morgan fingerprint density at radius 3 is 2.55 bits per heavy atom. The fourth-order valence-electron chi connectivity index (χ4n) is 2.11. The highest BCUT2D eigenvalue weighted by molar-refractivity contribution is 6.31. The molecule has 0 atom stereocenters. The summed E-state index contributed by atoms with van der Waals surface area (Å²) < 4.78 is 1.77. The van der Waals surface area contributed by atoms with Crippen molar-refractivity contribution in [2.75, 3.05) is 0 Å². The van der Waals surface area contributed by atoms with Gasteiger partial charge < -0.3 is 5.32 Å². The zero-order chi connectivity index (χ0) is 14.9. The maximum absolute atomic E-state index is 6.11. The van der Waals surface area contributed by atoms with Crippen LogP contribution in [0.1, 0.15) is 36.4 Å². The van der Waals surface area contributed by atoms with Crippen LogP contribution < -0.4 is 5.32 Å². The van der Waals surface area contributed by atoms with Gasteiger partial charge in [-0.3, -0.25) is 0 Å². The molecule has 20 heavy (non-hydrogen) atoms. The number of aromatic nitrogens is 3. The van der Waals surface area contributed by atoms with Crippen LogP contribution >= 0.6 is 11.6 Å². The normalized spacial score (nSPS) is 11.3. The van der Waals surface area contributed by atoms with Gasteiger partial charge >= 0.3 is 0 Å². The zero-order valence-electron chi connectivity index (χ0n) is 12.7. The minimum atomic E-state index is 0.423. The molecule has 0 unspecified atom stereocenters. The standard InChI is InChI=1S/C15H21ClN4/c1-9(2)17-7-13-10(3)6-11(4)18-15(13)20-8-14(16)12(5)19-20/h6,8-9,17H,7H2,1-5H3. The SMILES string of the molecule is Cc1cc(C)c(CNC(C)C)c(-n2cc(Cl)c(C)n2)n1. The molecule has 0 aromatic carbocycles. The number of nitrogens with one attached hydrogen (secondary N) is 1. The quantitative estimate of drug-likeness (QED) is 0.940. The van der Waals surface area contributed by atoms with Gasteiger partial charge in [0, 0.05) is 23.8 Å². The van der Waals surface area contributed by atoms with Crippen molar-refractivity contribution in [3.8, 4) is 5.82 Å². The van der Waals surface area contributed by atoms with Gasteiger partial charge in [-0.05, 0) is 32.4 Å². The first-order chi connectivity index (χ1) is 9.38. The van der Waals surface area contributed by atoms with Gasteiger partial charge in [0.25, 0.3) is 0 Å². The van der Waals surface area contributed by atoms with Gasteiger partial charge in [-0.15, -0.1) is 0 Å². The molecule has 0 fully saturated rings. The van der Waals surface area contributed by atoms with Crippen LogP contribution in [0.4, 0.5) is 0 Å². The highest BCUT2D eigenvalue weighted by Crippen LogP contribution is 2.21. The second-order valence-corrected chi connectivity index (χ2v) is 5.83. The van der Waals surface area contributed by atoms with E-state index in [1.807, 2.05) is 20.0 Å². The topological polar surface area (TPSA) is 42.7 Å². The van der Waals surface area contributed by atoms with E-state index in [2.05, 4.69) is 42.2 Å². The van der Waals surface area contributed by atoms with Crippen molar-refractivity contribution < 1.29 is 0 Å². The fraction of sp³-hybridized carbons (Fsp3) is 0.467. The molecule has 0 radical (unpaired) electrons. The fourth-order valence-corrected chi connectivity index (χ4v) is 2.24. The molecule has 1 N–H and O–H groups in total. The lowest BCUT2D eigenvalue weighted by molar-refractivity contribution is 0.583. The summed E-state index contributed by atoms with van der Waals surface area (Å²) in [5, 5.41) is 8.55. The first-order valence-corrected chi connectivity index (χ1v) is 7.19. The molecule has 108 valence electrons. The molecule has 5 heteroatoms. The molecular weight excluding hydrogens is 272 g/mol. The Morgan fingerprint density at radius 2 is 2.00 bits per heavy atom. The third-order valence-electron chi connectivity index (χ3n) is 3.20. The number of nitrogens with zero attached hydrogens (tertiary/aromatic N) is 3. The molecule has 0 spiro atoms. The van der Waals surface area contributed by atoms with Crippen molar-refractivity contribution >= 4 is 11.6 Å². The Morgan fingerprint density at radius 1 is 1.30 bits per heavy atom. The van der Waals surface area contributed by atoms with Gasteiger partial charge in [0.15, 0.2) is 5.82 Å². The molecule has 2 aromatic heterocycles. The Bertz CT molecular complexity index is 597. The number of aryl methyl sites for hydroxylation is 3. The summed E-state index contributed by atoms with van der Waals surface area (Å²) in [6.45, 7) is 11.0. The average molecular weight is 293 g/mol. The Hall–Kier alpha value is -1.39. The number of pyridine rings is 1. The molecule has 0 amide bonds. The molecule has 0 bridgehead atoms. The molecule has 2 rings (SSSR count). The third kappa shape index (κ3) is 3.19. The van der Waals surface area contributed by atoms with E-state index in [1.54, 1.807) is 4.68 Å². The maximum atomic E-state index is 6.11. The summed E-state index contributed by atoms with van der Waals surface area (Å²) in [5.74, 6) is 0.852. The van der Waals surface area contributed by atoms with Gasteiger partial charge in [0.2, 0.25) is 0 Å². The zero-order valence-corrected chi connectivity index (χ0v) is 13.4. The molecular formula is C15H21ClN4. The lowest BCUT2D eigenvalue weighted by Crippen LogP contribution is -2.24. The van der Waals surface area contributed by atoms with Crippen LogP contribution in [0.3, 0.4) is 0 Å². The van der Waals surface area contributed by atoms with Crippen molar-refractivity contribution in [1.82, 2.24) is 20.1 Å². The van der Waals surface area contributed by atoms with Crippen LogP contribution in [0.2, 0.25) is 5.02 Å². The summed E-state index contributed by atoms with van der Waals surface area (Å²) >= 11 is 6.11. The van der Waals surface area contributed by atoms with Crippen LogP contribution in [0, 0.1) is 20.8 Å². The first-order valence-electron chi connectivity index (χ1n) is 6.81.